The van der Waals surface area contributed by atoms with Crippen molar-refractivity contribution in [3.05, 3.63) is 56.8 Å². The summed E-state index contributed by atoms with van der Waals surface area (Å²) in [5, 5.41) is 2.14. The molecule has 0 unspecified atom stereocenters. The van der Waals surface area contributed by atoms with Gasteiger partial charge in [0.15, 0.2) is 6.61 Å². The molecule has 2 aromatic heterocycles. The molecule has 2 heterocycles. The number of carbonyl (C=O) groups excluding carboxylic acids is 2. The molecular formula is C17H13FO4S2. The highest BCUT2D eigenvalue weighted by Crippen LogP contribution is 2.34. The summed E-state index contributed by atoms with van der Waals surface area (Å²) >= 11 is 2.42. The second-order valence-electron chi connectivity index (χ2n) is 4.93. The van der Waals surface area contributed by atoms with Gasteiger partial charge in [-0.05, 0) is 23.6 Å². The molecule has 0 saturated carbocycles. The van der Waals surface area contributed by atoms with Gasteiger partial charge in [0.25, 0.3) is 0 Å². The molecule has 0 aliphatic heterocycles. The Morgan fingerprint density at radius 3 is 2.75 bits per heavy atom. The highest BCUT2D eigenvalue weighted by molar-refractivity contribution is 7.21. The first-order valence-electron chi connectivity index (χ1n) is 7.04. The molecular weight excluding hydrogens is 351 g/mol. The largest absolute Gasteiger partial charge is 0.453 e. The fourth-order valence-electron chi connectivity index (χ4n) is 2.32. The predicted molar refractivity (Wildman–Crippen MR) is 91.4 cm³/mol. The number of ketones is 1. The number of esters is 1. The summed E-state index contributed by atoms with van der Waals surface area (Å²) in [6.45, 7) is -0.257. The number of hydrogen-bond donors (Lipinski definition) is 0. The lowest BCUT2D eigenvalue weighted by atomic mass is 10.1. The quantitative estimate of drug-likeness (QED) is 0.484. The number of carbonyl (C=O) groups is 2. The fraction of sp³-hybridized carbons (Fsp3) is 0.176. The van der Waals surface area contributed by atoms with Crippen molar-refractivity contribution in [3.63, 3.8) is 0 Å². The number of halogens is 1. The van der Waals surface area contributed by atoms with Crippen molar-refractivity contribution >= 4 is 44.5 Å². The first-order valence-corrected chi connectivity index (χ1v) is 8.74. The normalized spacial score (nSPS) is 10.9. The predicted octanol–water partition coefficient (Wildman–Crippen LogP) is 4.29. The number of benzene rings is 1. The third-order valence-corrected chi connectivity index (χ3v) is 5.46. The van der Waals surface area contributed by atoms with E-state index in [1.807, 2.05) is 0 Å². The SMILES string of the molecule is COCc1c(C(=O)OCC(=O)c2cccs2)sc2cccc(F)c12. The molecule has 4 nitrogen and oxygen atoms in total. The van der Waals surface area contributed by atoms with Crippen molar-refractivity contribution in [2.45, 2.75) is 6.61 Å². The van der Waals surface area contributed by atoms with Crippen LogP contribution in [0.2, 0.25) is 0 Å². The summed E-state index contributed by atoms with van der Waals surface area (Å²) in [7, 11) is 1.47. The summed E-state index contributed by atoms with van der Waals surface area (Å²) in [6, 6.07) is 8.08. The van der Waals surface area contributed by atoms with E-state index in [-0.39, 0.29) is 23.9 Å². The molecule has 3 rings (SSSR count). The van der Waals surface area contributed by atoms with Gasteiger partial charge >= 0.3 is 5.97 Å². The summed E-state index contributed by atoms with van der Waals surface area (Å²) in [6.07, 6.45) is 0. The smallest absolute Gasteiger partial charge is 0.349 e. The molecule has 0 radical (unpaired) electrons. The van der Waals surface area contributed by atoms with E-state index >= 15 is 0 Å². The Bertz CT molecular complexity index is 884. The molecule has 1 aromatic carbocycles. The molecule has 0 aliphatic carbocycles. The number of methoxy groups -OCH3 is 1. The lowest BCUT2D eigenvalue weighted by molar-refractivity contribution is 0.0477. The fourth-order valence-corrected chi connectivity index (χ4v) is 4.09. The third kappa shape index (κ3) is 3.24. The van der Waals surface area contributed by atoms with Crippen LogP contribution in [-0.2, 0) is 16.1 Å². The van der Waals surface area contributed by atoms with E-state index in [1.54, 1.807) is 29.6 Å². The van der Waals surface area contributed by atoms with E-state index in [9.17, 15) is 14.0 Å². The van der Waals surface area contributed by atoms with Crippen LogP contribution < -0.4 is 0 Å². The molecule has 0 bridgehead atoms. The van der Waals surface area contributed by atoms with Crippen LogP contribution in [0.25, 0.3) is 10.1 Å². The van der Waals surface area contributed by atoms with E-state index < -0.39 is 11.8 Å². The van der Waals surface area contributed by atoms with Crippen LogP contribution >= 0.6 is 22.7 Å². The molecule has 0 saturated heterocycles. The first-order chi connectivity index (χ1) is 11.6. The van der Waals surface area contributed by atoms with Gasteiger partial charge in [-0.3, -0.25) is 4.79 Å². The van der Waals surface area contributed by atoms with Crippen LogP contribution in [-0.4, -0.2) is 25.5 Å². The zero-order chi connectivity index (χ0) is 17.1. The lowest BCUT2D eigenvalue weighted by Crippen LogP contribution is -2.13. The topological polar surface area (TPSA) is 52.6 Å². The van der Waals surface area contributed by atoms with Gasteiger partial charge in [0, 0.05) is 22.8 Å². The standard InChI is InChI=1S/C17H13FO4S2/c1-21-8-10-15-11(18)4-2-5-14(15)24-16(10)17(20)22-9-12(19)13-6-3-7-23-13/h2-7H,8-9H2,1H3. The Morgan fingerprint density at radius 1 is 1.21 bits per heavy atom. The Balaban J connectivity index is 1.85. The van der Waals surface area contributed by atoms with E-state index in [1.165, 1.54) is 24.5 Å². The molecule has 0 N–H and O–H groups in total. The molecule has 0 spiro atoms. The van der Waals surface area contributed by atoms with Gasteiger partial charge in [-0.1, -0.05) is 12.1 Å². The van der Waals surface area contributed by atoms with Crippen LogP contribution in [0, 0.1) is 5.82 Å². The highest BCUT2D eigenvalue weighted by Gasteiger charge is 2.22. The van der Waals surface area contributed by atoms with Gasteiger partial charge in [-0.2, -0.15) is 0 Å². The van der Waals surface area contributed by atoms with Crippen molar-refractivity contribution in [1.82, 2.24) is 0 Å². The van der Waals surface area contributed by atoms with Crippen LogP contribution in [0.4, 0.5) is 4.39 Å². The monoisotopic (exact) mass is 364 g/mol. The van der Waals surface area contributed by atoms with Gasteiger partial charge in [0.2, 0.25) is 5.78 Å². The van der Waals surface area contributed by atoms with E-state index in [2.05, 4.69) is 0 Å². The Kier molecular flexibility index (Phi) is 5.03. The van der Waals surface area contributed by atoms with Crippen molar-refractivity contribution in [3.8, 4) is 0 Å². The molecule has 7 heteroatoms. The maximum absolute atomic E-state index is 14.1. The second-order valence-corrected chi connectivity index (χ2v) is 6.93. The second kappa shape index (κ2) is 7.21. The van der Waals surface area contributed by atoms with Crippen molar-refractivity contribution < 1.29 is 23.5 Å². The zero-order valence-corrected chi connectivity index (χ0v) is 14.3. The van der Waals surface area contributed by atoms with Crippen LogP contribution in [0.5, 0.6) is 0 Å². The van der Waals surface area contributed by atoms with Crippen LogP contribution in [0.3, 0.4) is 0 Å². The summed E-state index contributed by atoms with van der Waals surface area (Å²) in [5.41, 5.74) is 0.448. The number of ether oxygens (including phenoxy) is 2. The molecule has 3 aromatic rings. The summed E-state index contributed by atoms with van der Waals surface area (Å²) in [4.78, 5) is 25.1. The van der Waals surface area contributed by atoms with E-state index in [0.29, 0.717) is 20.5 Å². The van der Waals surface area contributed by atoms with Crippen molar-refractivity contribution in [2.75, 3.05) is 13.7 Å². The van der Waals surface area contributed by atoms with Gasteiger partial charge in [-0.25, -0.2) is 9.18 Å². The molecule has 0 fully saturated rings. The van der Waals surface area contributed by atoms with Crippen molar-refractivity contribution in [2.24, 2.45) is 0 Å². The van der Waals surface area contributed by atoms with Crippen molar-refractivity contribution in [1.29, 1.82) is 0 Å². The number of thiophene rings is 2. The summed E-state index contributed by atoms with van der Waals surface area (Å²) < 4.78 is 24.9. The molecule has 0 atom stereocenters. The lowest BCUT2D eigenvalue weighted by Gasteiger charge is -2.05. The number of fused-ring (bicyclic) bond motifs is 1. The van der Waals surface area contributed by atoms with E-state index in [0.717, 1.165) is 11.3 Å². The van der Waals surface area contributed by atoms with Crippen LogP contribution in [0.15, 0.2) is 35.7 Å². The average Bonchev–Trinajstić information content (AvgIpc) is 3.21. The minimum absolute atomic E-state index is 0.0875. The summed E-state index contributed by atoms with van der Waals surface area (Å²) in [5.74, 6) is -1.32. The third-order valence-electron chi connectivity index (χ3n) is 3.37. The number of Topliss-reactive ketones (excluding diaryl/α,β-unsaturated/α-hetero) is 1. The number of hydrogen-bond acceptors (Lipinski definition) is 6. The minimum atomic E-state index is -0.646. The van der Waals surface area contributed by atoms with Gasteiger partial charge in [0.05, 0.1) is 11.5 Å². The van der Waals surface area contributed by atoms with Crippen LogP contribution in [0.1, 0.15) is 24.9 Å². The minimum Gasteiger partial charge on any atom is -0.453 e. The van der Waals surface area contributed by atoms with Gasteiger partial charge in [0.1, 0.15) is 10.7 Å². The van der Waals surface area contributed by atoms with Gasteiger partial charge in [-0.15, -0.1) is 22.7 Å². The average molecular weight is 364 g/mol. The maximum Gasteiger partial charge on any atom is 0.349 e. The highest BCUT2D eigenvalue weighted by atomic mass is 32.1. The maximum atomic E-state index is 14.1. The van der Waals surface area contributed by atoms with E-state index in [4.69, 9.17) is 9.47 Å². The Labute approximate surface area is 145 Å². The zero-order valence-electron chi connectivity index (χ0n) is 12.7. The molecule has 24 heavy (non-hydrogen) atoms. The number of rotatable bonds is 6. The Hall–Kier alpha value is -2.09. The van der Waals surface area contributed by atoms with Gasteiger partial charge < -0.3 is 9.47 Å². The first kappa shape index (κ1) is 16.8. The molecule has 124 valence electrons. The molecule has 0 aliphatic rings. The Morgan fingerprint density at radius 2 is 2.04 bits per heavy atom. The molecule has 0 amide bonds.